The highest BCUT2D eigenvalue weighted by Gasteiger charge is 2.07. The van der Waals surface area contributed by atoms with Gasteiger partial charge in [-0.2, -0.15) is 5.26 Å². The molecule has 0 aliphatic carbocycles. The van der Waals surface area contributed by atoms with E-state index >= 15 is 0 Å². The first kappa shape index (κ1) is 13.3. The van der Waals surface area contributed by atoms with Crippen LogP contribution in [-0.4, -0.2) is 7.05 Å². The fourth-order valence-electron chi connectivity index (χ4n) is 2.10. The van der Waals surface area contributed by atoms with Crippen molar-refractivity contribution in [1.29, 1.82) is 5.26 Å². The number of benzene rings is 2. The van der Waals surface area contributed by atoms with Crippen molar-refractivity contribution < 1.29 is 4.39 Å². The van der Waals surface area contributed by atoms with E-state index in [2.05, 4.69) is 5.32 Å². The molecule has 0 aliphatic heterocycles. The van der Waals surface area contributed by atoms with E-state index in [1.807, 2.05) is 38.2 Å². The number of aryl methyl sites for hydroxylation is 1. The summed E-state index contributed by atoms with van der Waals surface area (Å²) in [6.45, 7) is 2.74. The normalized spacial score (nSPS) is 10.2. The first-order chi connectivity index (χ1) is 9.13. The number of nitriles is 1. The van der Waals surface area contributed by atoms with Crippen molar-refractivity contribution in [2.24, 2.45) is 0 Å². The van der Waals surface area contributed by atoms with Gasteiger partial charge in [0.15, 0.2) is 0 Å². The van der Waals surface area contributed by atoms with E-state index in [4.69, 9.17) is 5.26 Å². The van der Waals surface area contributed by atoms with Gasteiger partial charge in [-0.1, -0.05) is 12.1 Å². The average Bonchev–Trinajstić information content (AvgIpc) is 2.40. The molecule has 0 heterocycles. The smallest absolute Gasteiger partial charge is 0.125 e. The Balaban J connectivity index is 2.54. The highest BCUT2D eigenvalue weighted by Crippen LogP contribution is 2.26. The molecule has 0 saturated heterocycles. The third-order valence-corrected chi connectivity index (χ3v) is 3.02. The first-order valence-corrected chi connectivity index (χ1v) is 6.09. The molecule has 0 aliphatic rings. The maximum absolute atomic E-state index is 13.5. The van der Waals surface area contributed by atoms with Gasteiger partial charge in [-0.3, -0.25) is 0 Å². The topological polar surface area (TPSA) is 35.8 Å². The Hall–Kier alpha value is -2.18. The second kappa shape index (κ2) is 5.64. The van der Waals surface area contributed by atoms with Crippen LogP contribution in [0.3, 0.4) is 0 Å². The van der Waals surface area contributed by atoms with Gasteiger partial charge in [0, 0.05) is 6.54 Å². The molecule has 0 unspecified atom stereocenters. The van der Waals surface area contributed by atoms with Crippen LogP contribution in [0.15, 0.2) is 36.4 Å². The molecule has 2 nitrogen and oxygen atoms in total. The second-order valence-corrected chi connectivity index (χ2v) is 4.52. The third kappa shape index (κ3) is 2.98. The lowest BCUT2D eigenvalue weighted by molar-refractivity contribution is 0.628. The zero-order chi connectivity index (χ0) is 13.8. The summed E-state index contributed by atoms with van der Waals surface area (Å²) in [4.78, 5) is 0. The van der Waals surface area contributed by atoms with Gasteiger partial charge in [0.05, 0.1) is 11.6 Å². The fraction of sp³-hybridized carbons (Fsp3) is 0.188. The molecule has 0 atom stereocenters. The molecule has 0 amide bonds. The van der Waals surface area contributed by atoms with Crippen molar-refractivity contribution in [2.75, 3.05) is 7.05 Å². The molecule has 0 fully saturated rings. The lowest BCUT2D eigenvalue weighted by Crippen LogP contribution is -2.05. The Morgan fingerprint density at radius 1 is 1.21 bits per heavy atom. The fourth-order valence-corrected chi connectivity index (χ4v) is 2.10. The Morgan fingerprint density at radius 3 is 2.68 bits per heavy atom. The van der Waals surface area contributed by atoms with Crippen LogP contribution in [0, 0.1) is 24.1 Å². The van der Waals surface area contributed by atoms with Gasteiger partial charge in [0.2, 0.25) is 0 Å². The summed E-state index contributed by atoms with van der Waals surface area (Å²) in [5.41, 5.74) is 4.24. The minimum atomic E-state index is -0.382. The summed E-state index contributed by atoms with van der Waals surface area (Å²) in [7, 11) is 1.88. The Morgan fingerprint density at radius 2 is 2.00 bits per heavy atom. The third-order valence-electron chi connectivity index (χ3n) is 3.02. The van der Waals surface area contributed by atoms with Gasteiger partial charge < -0.3 is 5.32 Å². The minimum Gasteiger partial charge on any atom is -0.316 e. The lowest BCUT2D eigenvalue weighted by atomic mass is 9.96. The van der Waals surface area contributed by atoms with Crippen LogP contribution in [0.25, 0.3) is 11.1 Å². The van der Waals surface area contributed by atoms with Crippen LogP contribution in [0.1, 0.15) is 16.7 Å². The zero-order valence-corrected chi connectivity index (χ0v) is 11.0. The lowest BCUT2D eigenvalue weighted by Gasteiger charge is -2.10. The number of hydrogen-bond acceptors (Lipinski definition) is 2. The van der Waals surface area contributed by atoms with Crippen molar-refractivity contribution in [3.05, 3.63) is 58.9 Å². The Labute approximate surface area is 112 Å². The summed E-state index contributed by atoms with van der Waals surface area (Å²) in [5.74, 6) is -0.382. The van der Waals surface area contributed by atoms with Gasteiger partial charge in [0.1, 0.15) is 5.82 Å². The van der Waals surface area contributed by atoms with E-state index in [9.17, 15) is 4.39 Å². The van der Waals surface area contributed by atoms with Crippen molar-refractivity contribution in [3.8, 4) is 17.2 Å². The first-order valence-electron chi connectivity index (χ1n) is 6.09. The molecule has 0 radical (unpaired) electrons. The summed E-state index contributed by atoms with van der Waals surface area (Å²) in [6.07, 6.45) is 0. The summed E-state index contributed by atoms with van der Waals surface area (Å²) in [6, 6.07) is 12.5. The van der Waals surface area contributed by atoms with E-state index < -0.39 is 0 Å². The van der Waals surface area contributed by atoms with Crippen LogP contribution >= 0.6 is 0 Å². The summed E-state index contributed by atoms with van der Waals surface area (Å²) in [5, 5.41) is 12.0. The number of nitrogens with zero attached hydrogens (tertiary/aromatic N) is 1. The van der Waals surface area contributed by atoms with Gasteiger partial charge in [-0.05, 0) is 60.5 Å². The quantitative estimate of drug-likeness (QED) is 0.911. The zero-order valence-electron chi connectivity index (χ0n) is 11.0. The predicted molar refractivity (Wildman–Crippen MR) is 74.1 cm³/mol. The maximum Gasteiger partial charge on any atom is 0.125 e. The van der Waals surface area contributed by atoms with E-state index in [1.54, 1.807) is 6.07 Å². The van der Waals surface area contributed by atoms with Gasteiger partial charge in [0.25, 0.3) is 0 Å². The van der Waals surface area contributed by atoms with Crippen LogP contribution in [-0.2, 0) is 6.54 Å². The van der Waals surface area contributed by atoms with Crippen LogP contribution < -0.4 is 5.32 Å². The van der Waals surface area contributed by atoms with E-state index in [0.717, 1.165) is 28.8 Å². The Bertz CT molecular complexity index is 642. The molecule has 19 heavy (non-hydrogen) atoms. The highest BCUT2D eigenvalue weighted by molar-refractivity contribution is 5.69. The van der Waals surface area contributed by atoms with Crippen molar-refractivity contribution in [1.82, 2.24) is 5.32 Å². The standard InChI is InChI=1S/C16H15FN2/c1-11-3-4-12(10-19-2)7-16(11)14-5-13(9-18)6-15(17)8-14/h3-8,19H,10H2,1-2H3. The van der Waals surface area contributed by atoms with Gasteiger partial charge in [-0.15, -0.1) is 0 Å². The molecule has 2 aromatic carbocycles. The van der Waals surface area contributed by atoms with Crippen LogP contribution in [0.2, 0.25) is 0 Å². The molecule has 2 aromatic rings. The van der Waals surface area contributed by atoms with Gasteiger partial charge >= 0.3 is 0 Å². The SMILES string of the molecule is CNCc1ccc(C)c(-c2cc(F)cc(C#N)c2)c1. The van der Waals surface area contributed by atoms with Crippen molar-refractivity contribution in [3.63, 3.8) is 0 Å². The number of nitrogens with one attached hydrogen (secondary N) is 1. The van der Waals surface area contributed by atoms with Gasteiger partial charge in [-0.25, -0.2) is 4.39 Å². The van der Waals surface area contributed by atoms with E-state index in [1.165, 1.54) is 12.1 Å². The van der Waals surface area contributed by atoms with E-state index in [0.29, 0.717) is 5.56 Å². The average molecular weight is 254 g/mol. The summed E-state index contributed by atoms with van der Waals surface area (Å²) < 4.78 is 13.5. The predicted octanol–water partition coefficient (Wildman–Crippen LogP) is 3.39. The molecule has 96 valence electrons. The van der Waals surface area contributed by atoms with Crippen LogP contribution in [0.4, 0.5) is 4.39 Å². The van der Waals surface area contributed by atoms with Crippen molar-refractivity contribution >= 4 is 0 Å². The molecule has 2 rings (SSSR count). The van der Waals surface area contributed by atoms with Crippen LogP contribution in [0.5, 0.6) is 0 Å². The summed E-state index contributed by atoms with van der Waals surface area (Å²) >= 11 is 0. The molecule has 3 heteroatoms. The molecule has 0 aromatic heterocycles. The monoisotopic (exact) mass is 254 g/mol. The van der Waals surface area contributed by atoms with Crippen molar-refractivity contribution in [2.45, 2.75) is 13.5 Å². The maximum atomic E-state index is 13.5. The molecular weight excluding hydrogens is 239 g/mol. The number of hydrogen-bond donors (Lipinski definition) is 1. The molecule has 0 spiro atoms. The van der Waals surface area contributed by atoms with E-state index in [-0.39, 0.29) is 5.82 Å². The minimum absolute atomic E-state index is 0.341. The molecule has 0 bridgehead atoms. The second-order valence-electron chi connectivity index (χ2n) is 4.52. The number of rotatable bonds is 3. The largest absolute Gasteiger partial charge is 0.316 e. The Kier molecular flexibility index (Phi) is 3.94. The number of halogens is 1. The molecular formula is C16H15FN2. The molecule has 1 N–H and O–H groups in total. The molecule has 0 saturated carbocycles. The highest BCUT2D eigenvalue weighted by atomic mass is 19.1.